The van der Waals surface area contributed by atoms with Gasteiger partial charge in [-0.15, -0.1) is 0 Å². The van der Waals surface area contributed by atoms with E-state index in [1.165, 1.54) is 0 Å². The lowest BCUT2D eigenvalue weighted by Gasteiger charge is -2.23. The second kappa shape index (κ2) is 11.6. The average Bonchev–Trinajstić information content (AvgIpc) is 2.65. The number of nitrogens with one attached hydrogen (secondary N) is 1. The molecule has 162 valence electrons. The molecule has 6 nitrogen and oxygen atoms in total. The number of ether oxygens (including phenoxy) is 1. The molecule has 0 aliphatic heterocycles. The summed E-state index contributed by atoms with van der Waals surface area (Å²) in [5, 5.41) is 2.56. The number of rotatable bonds is 10. The zero-order valence-electron chi connectivity index (χ0n) is 18.7. The van der Waals surface area contributed by atoms with Gasteiger partial charge in [-0.25, -0.2) is 4.79 Å². The first kappa shape index (κ1) is 24.7. The molecule has 1 N–H and O–H groups in total. The topological polar surface area (TPSA) is 75.7 Å². The molecule has 0 aliphatic carbocycles. The SMILES string of the molecule is CCCCN(CCCC)C(=O)c1cccc(C(=O)C(C)NC(=O)OC(C)(C)C)c1. The van der Waals surface area contributed by atoms with E-state index in [0.717, 1.165) is 25.7 Å². The summed E-state index contributed by atoms with van der Waals surface area (Å²) in [6.45, 7) is 12.5. The Morgan fingerprint density at radius 2 is 1.59 bits per heavy atom. The quantitative estimate of drug-likeness (QED) is 0.567. The van der Waals surface area contributed by atoms with Crippen molar-refractivity contribution < 1.29 is 19.1 Å². The normalized spacial score (nSPS) is 12.2. The van der Waals surface area contributed by atoms with Crippen molar-refractivity contribution in [3.8, 4) is 0 Å². The van der Waals surface area contributed by atoms with Crippen molar-refractivity contribution in [3.05, 3.63) is 35.4 Å². The van der Waals surface area contributed by atoms with Gasteiger partial charge in [-0.1, -0.05) is 38.8 Å². The number of carbonyl (C=O) groups excluding carboxylic acids is 3. The molecule has 1 atom stereocenters. The number of carbonyl (C=O) groups is 3. The third-order valence-electron chi connectivity index (χ3n) is 4.37. The van der Waals surface area contributed by atoms with Gasteiger partial charge in [0, 0.05) is 24.2 Å². The second-order valence-corrected chi connectivity index (χ2v) is 8.31. The van der Waals surface area contributed by atoms with Gasteiger partial charge in [-0.05, 0) is 52.7 Å². The van der Waals surface area contributed by atoms with Crippen molar-refractivity contribution in [1.29, 1.82) is 0 Å². The molecular weight excluding hydrogens is 368 g/mol. The molecule has 0 aliphatic rings. The van der Waals surface area contributed by atoms with Crippen LogP contribution in [0.5, 0.6) is 0 Å². The average molecular weight is 405 g/mol. The van der Waals surface area contributed by atoms with Crippen molar-refractivity contribution in [3.63, 3.8) is 0 Å². The summed E-state index contributed by atoms with van der Waals surface area (Å²) in [6.07, 6.45) is 3.29. The maximum atomic E-state index is 13.0. The first-order valence-corrected chi connectivity index (χ1v) is 10.5. The van der Waals surface area contributed by atoms with Gasteiger partial charge in [0.05, 0.1) is 6.04 Å². The van der Waals surface area contributed by atoms with Crippen molar-refractivity contribution in [2.45, 2.75) is 78.9 Å². The fourth-order valence-corrected chi connectivity index (χ4v) is 2.80. The molecule has 1 unspecified atom stereocenters. The number of ketones is 1. The number of amides is 2. The molecule has 1 aromatic rings. The number of Topliss-reactive ketones (excluding diaryl/α,β-unsaturated/α-hetero) is 1. The van der Waals surface area contributed by atoms with E-state index in [0.29, 0.717) is 24.2 Å². The smallest absolute Gasteiger partial charge is 0.408 e. The highest BCUT2D eigenvalue weighted by molar-refractivity contribution is 6.03. The maximum absolute atomic E-state index is 13.0. The van der Waals surface area contributed by atoms with Gasteiger partial charge in [0.15, 0.2) is 5.78 Å². The fourth-order valence-electron chi connectivity index (χ4n) is 2.80. The fraction of sp³-hybridized carbons (Fsp3) is 0.609. The highest BCUT2D eigenvalue weighted by Crippen LogP contribution is 2.13. The summed E-state index contributed by atoms with van der Waals surface area (Å²) < 4.78 is 5.20. The van der Waals surface area contributed by atoms with Crippen LogP contribution in [0.4, 0.5) is 4.79 Å². The third kappa shape index (κ3) is 8.67. The minimum absolute atomic E-state index is 0.0608. The number of alkyl carbamates (subject to hydrolysis) is 1. The van der Waals surface area contributed by atoms with Gasteiger partial charge in [-0.3, -0.25) is 9.59 Å². The molecule has 6 heteroatoms. The van der Waals surface area contributed by atoms with Crippen LogP contribution in [0.3, 0.4) is 0 Å². The Hall–Kier alpha value is -2.37. The van der Waals surface area contributed by atoms with Gasteiger partial charge in [0.25, 0.3) is 5.91 Å². The summed E-state index contributed by atoms with van der Waals surface area (Å²) in [5.41, 5.74) is 0.248. The number of hydrogen-bond donors (Lipinski definition) is 1. The van der Waals surface area contributed by atoms with E-state index < -0.39 is 17.7 Å². The lowest BCUT2D eigenvalue weighted by molar-refractivity contribution is 0.0496. The van der Waals surface area contributed by atoms with Crippen molar-refractivity contribution in [1.82, 2.24) is 10.2 Å². The summed E-state index contributed by atoms with van der Waals surface area (Å²) >= 11 is 0. The predicted octanol–water partition coefficient (Wildman–Crippen LogP) is 4.82. The molecule has 0 saturated carbocycles. The number of benzene rings is 1. The molecule has 2 amide bonds. The number of unbranched alkanes of at least 4 members (excludes halogenated alkanes) is 2. The van der Waals surface area contributed by atoms with Crippen molar-refractivity contribution in [2.75, 3.05) is 13.1 Å². The van der Waals surface area contributed by atoms with Gasteiger partial charge in [0.1, 0.15) is 5.60 Å². The van der Waals surface area contributed by atoms with Crippen LogP contribution >= 0.6 is 0 Å². The molecule has 29 heavy (non-hydrogen) atoms. The molecular formula is C23H36N2O4. The van der Waals surface area contributed by atoms with Gasteiger partial charge >= 0.3 is 6.09 Å². The second-order valence-electron chi connectivity index (χ2n) is 8.31. The highest BCUT2D eigenvalue weighted by atomic mass is 16.6. The third-order valence-corrected chi connectivity index (χ3v) is 4.37. The first-order valence-electron chi connectivity index (χ1n) is 10.5. The van der Waals surface area contributed by atoms with Crippen LogP contribution in [0, 0.1) is 0 Å². The summed E-state index contributed by atoms with van der Waals surface area (Å²) in [7, 11) is 0. The van der Waals surface area contributed by atoms with E-state index in [4.69, 9.17) is 4.74 Å². The monoisotopic (exact) mass is 404 g/mol. The molecule has 1 rings (SSSR count). The lowest BCUT2D eigenvalue weighted by atomic mass is 10.0. The molecule has 0 spiro atoms. The van der Waals surface area contributed by atoms with E-state index in [9.17, 15) is 14.4 Å². The first-order chi connectivity index (χ1) is 13.6. The summed E-state index contributed by atoms with van der Waals surface area (Å²) in [4.78, 5) is 39.5. The van der Waals surface area contributed by atoms with Crippen molar-refractivity contribution >= 4 is 17.8 Å². The van der Waals surface area contributed by atoms with Gasteiger partial charge < -0.3 is 15.0 Å². The standard InChI is InChI=1S/C23H36N2O4/c1-7-9-14-25(15-10-8-2)21(27)19-13-11-12-18(16-19)20(26)17(3)24-22(28)29-23(4,5)6/h11-13,16-17H,7-10,14-15H2,1-6H3,(H,24,28). The molecule has 0 saturated heterocycles. The van der Waals surface area contributed by atoms with Gasteiger partial charge in [0.2, 0.25) is 0 Å². The Labute approximate surface area is 175 Å². The van der Waals surface area contributed by atoms with Crippen molar-refractivity contribution in [2.24, 2.45) is 0 Å². The Balaban J connectivity index is 2.89. The molecule has 0 radical (unpaired) electrons. The van der Waals surface area contributed by atoms with Gasteiger partial charge in [-0.2, -0.15) is 0 Å². The van der Waals surface area contributed by atoms with Crippen LogP contribution in [0.2, 0.25) is 0 Å². The Morgan fingerprint density at radius 3 is 2.10 bits per heavy atom. The molecule has 0 heterocycles. The highest BCUT2D eigenvalue weighted by Gasteiger charge is 2.23. The van der Waals surface area contributed by atoms with Crippen LogP contribution in [0.15, 0.2) is 24.3 Å². The Kier molecular flexibility index (Phi) is 9.86. The van der Waals surface area contributed by atoms with Crippen LogP contribution in [-0.4, -0.2) is 47.4 Å². The predicted molar refractivity (Wildman–Crippen MR) is 115 cm³/mol. The largest absolute Gasteiger partial charge is 0.444 e. The summed E-state index contributed by atoms with van der Waals surface area (Å²) in [6, 6.07) is 5.96. The Morgan fingerprint density at radius 1 is 1.03 bits per heavy atom. The van der Waals surface area contributed by atoms with E-state index in [1.54, 1.807) is 52.0 Å². The lowest BCUT2D eigenvalue weighted by Crippen LogP contribution is -2.41. The van der Waals surface area contributed by atoms with Crippen LogP contribution in [0.25, 0.3) is 0 Å². The Bertz CT molecular complexity index is 686. The number of nitrogens with zero attached hydrogens (tertiary/aromatic N) is 1. The minimum Gasteiger partial charge on any atom is -0.444 e. The minimum atomic E-state index is -0.758. The number of hydrogen-bond acceptors (Lipinski definition) is 4. The maximum Gasteiger partial charge on any atom is 0.408 e. The summed E-state index contributed by atoms with van der Waals surface area (Å²) in [5.74, 6) is -0.325. The van der Waals surface area contributed by atoms with E-state index in [-0.39, 0.29) is 11.7 Å². The van der Waals surface area contributed by atoms with E-state index in [1.807, 2.05) is 4.90 Å². The zero-order chi connectivity index (χ0) is 22.0. The molecule has 0 fully saturated rings. The molecule has 0 bridgehead atoms. The van der Waals surface area contributed by atoms with E-state index >= 15 is 0 Å². The molecule has 0 aromatic heterocycles. The van der Waals surface area contributed by atoms with Crippen LogP contribution in [-0.2, 0) is 4.74 Å². The zero-order valence-corrected chi connectivity index (χ0v) is 18.7. The molecule has 1 aromatic carbocycles. The van der Waals surface area contributed by atoms with E-state index in [2.05, 4.69) is 19.2 Å². The van der Waals surface area contributed by atoms with Crippen LogP contribution in [0.1, 0.15) is 87.9 Å². The van der Waals surface area contributed by atoms with Crippen LogP contribution < -0.4 is 5.32 Å².